The maximum absolute atomic E-state index is 13.1. The van der Waals surface area contributed by atoms with Crippen LogP contribution < -0.4 is 11.1 Å². The summed E-state index contributed by atoms with van der Waals surface area (Å²) in [5, 5.41) is 23.3. The lowest BCUT2D eigenvalue weighted by Gasteiger charge is -2.47. The molecule has 0 unspecified atom stereocenters. The van der Waals surface area contributed by atoms with Gasteiger partial charge in [0, 0.05) is 13.1 Å². The quantitative estimate of drug-likeness (QED) is 0.595. The maximum atomic E-state index is 13.1. The minimum atomic E-state index is -0.795. The van der Waals surface area contributed by atoms with Crippen molar-refractivity contribution in [1.82, 2.24) is 10.2 Å². The number of amides is 2. The van der Waals surface area contributed by atoms with Crippen LogP contribution >= 0.6 is 0 Å². The summed E-state index contributed by atoms with van der Waals surface area (Å²) in [5.41, 5.74) is 7.13. The molecular formula is C24H29N3O4. The van der Waals surface area contributed by atoms with Gasteiger partial charge in [-0.15, -0.1) is 0 Å². The van der Waals surface area contributed by atoms with Crippen LogP contribution in [0.4, 0.5) is 0 Å². The Morgan fingerprint density at radius 2 is 1.90 bits per heavy atom. The number of aromatic hydroxyl groups is 1. The van der Waals surface area contributed by atoms with Crippen LogP contribution in [-0.2, 0) is 16.0 Å². The predicted molar refractivity (Wildman–Crippen MR) is 116 cm³/mol. The molecule has 164 valence electrons. The molecule has 7 nitrogen and oxygen atoms in total. The van der Waals surface area contributed by atoms with Gasteiger partial charge in [-0.25, -0.2) is 0 Å². The van der Waals surface area contributed by atoms with E-state index in [4.69, 9.17) is 5.73 Å². The van der Waals surface area contributed by atoms with E-state index >= 15 is 0 Å². The molecule has 4 rings (SSSR count). The van der Waals surface area contributed by atoms with Crippen molar-refractivity contribution in [3.05, 3.63) is 65.7 Å². The lowest BCUT2D eigenvalue weighted by molar-refractivity contribution is -0.150. The summed E-state index contributed by atoms with van der Waals surface area (Å²) in [5.74, 6) is -0.145. The third-order valence-corrected chi connectivity index (χ3v) is 6.51. The van der Waals surface area contributed by atoms with Crippen LogP contribution in [0, 0.1) is 5.41 Å². The normalized spacial score (nSPS) is 27.0. The van der Waals surface area contributed by atoms with E-state index in [1.165, 1.54) is 0 Å². The van der Waals surface area contributed by atoms with Gasteiger partial charge >= 0.3 is 0 Å². The third kappa shape index (κ3) is 4.43. The smallest absolute Gasteiger partial charge is 0.239 e. The number of aliphatic hydroxyl groups excluding tert-OH is 1. The van der Waals surface area contributed by atoms with Gasteiger partial charge in [-0.05, 0) is 48.9 Å². The van der Waals surface area contributed by atoms with E-state index in [1.54, 1.807) is 29.2 Å². The Bertz CT molecular complexity index is 934. The van der Waals surface area contributed by atoms with Crippen molar-refractivity contribution in [2.24, 2.45) is 11.1 Å². The van der Waals surface area contributed by atoms with Gasteiger partial charge in [-0.2, -0.15) is 0 Å². The summed E-state index contributed by atoms with van der Waals surface area (Å²) in [6.07, 6.45) is 1.27. The molecular weight excluding hydrogens is 394 g/mol. The minimum absolute atomic E-state index is 0.115. The summed E-state index contributed by atoms with van der Waals surface area (Å²) < 4.78 is 0. The van der Waals surface area contributed by atoms with Crippen LogP contribution in [0.3, 0.4) is 0 Å². The molecule has 5 N–H and O–H groups in total. The lowest BCUT2D eigenvalue weighted by atomic mass is 9.70. The molecule has 2 saturated heterocycles. The van der Waals surface area contributed by atoms with Crippen molar-refractivity contribution in [3.63, 3.8) is 0 Å². The second-order valence-electron chi connectivity index (χ2n) is 8.75. The highest BCUT2D eigenvalue weighted by atomic mass is 16.3. The number of aliphatic hydroxyl groups is 1. The van der Waals surface area contributed by atoms with Crippen molar-refractivity contribution in [3.8, 4) is 5.75 Å². The van der Waals surface area contributed by atoms with Crippen LogP contribution in [0.1, 0.15) is 36.4 Å². The molecule has 4 atom stereocenters. The van der Waals surface area contributed by atoms with Gasteiger partial charge in [-0.1, -0.05) is 42.5 Å². The van der Waals surface area contributed by atoms with Crippen LogP contribution in [0.2, 0.25) is 0 Å². The molecule has 7 heteroatoms. The Balaban J connectivity index is 1.44. The largest absolute Gasteiger partial charge is 0.508 e. The summed E-state index contributed by atoms with van der Waals surface area (Å²) in [6, 6.07) is 14.9. The Labute approximate surface area is 181 Å². The number of nitrogens with one attached hydrogen (secondary N) is 1. The molecule has 2 aromatic carbocycles. The van der Waals surface area contributed by atoms with Crippen molar-refractivity contribution in [1.29, 1.82) is 0 Å². The number of phenolic OH excluding ortho intramolecular Hbond substituents is 1. The standard InChI is InChI=1S/C24H29N3O4/c25-19(13-16-7-9-18(28)10-8-16)22(30)27-12-4-11-24(15-27)14-20(29)21(26-23(24)31)17-5-2-1-3-6-17/h1-3,5-10,19-21,28-29H,4,11-15,25H2,(H,26,31)/t19-,20+,21-,24+/m0/s1. The number of likely N-dealkylation sites (tertiary alicyclic amines) is 1. The Morgan fingerprint density at radius 1 is 1.19 bits per heavy atom. The van der Waals surface area contributed by atoms with E-state index in [-0.39, 0.29) is 24.1 Å². The molecule has 0 aliphatic carbocycles. The molecule has 0 saturated carbocycles. The maximum Gasteiger partial charge on any atom is 0.239 e. The van der Waals surface area contributed by atoms with Crippen molar-refractivity contribution in [2.45, 2.75) is 43.9 Å². The molecule has 2 aromatic rings. The molecule has 31 heavy (non-hydrogen) atoms. The number of rotatable bonds is 4. The summed E-state index contributed by atoms with van der Waals surface area (Å²) in [7, 11) is 0. The molecule has 0 radical (unpaired) electrons. The molecule has 2 aliphatic rings. The highest BCUT2D eigenvalue weighted by Crippen LogP contribution is 2.41. The Morgan fingerprint density at radius 3 is 2.61 bits per heavy atom. The van der Waals surface area contributed by atoms with Gasteiger partial charge in [0.15, 0.2) is 0 Å². The molecule has 2 amide bonds. The van der Waals surface area contributed by atoms with E-state index in [2.05, 4.69) is 5.32 Å². The first kappa shape index (κ1) is 21.3. The fraction of sp³-hybridized carbons (Fsp3) is 0.417. The summed E-state index contributed by atoms with van der Waals surface area (Å²) >= 11 is 0. The highest BCUT2D eigenvalue weighted by Gasteiger charge is 2.50. The third-order valence-electron chi connectivity index (χ3n) is 6.51. The molecule has 2 aliphatic heterocycles. The van der Waals surface area contributed by atoms with Gasteiger partial charge in [0.25, 0.3) is 0 Å². The van der Waals surface area contributed by atoms with Crippen molar-refractivity contribution >= 4 is 11.8 Å². The molecule has 0 aromatic heterocycles. The zero-order valence-corrected chi connectivity index (χ0v) is 17.4. The Hall–Kier alpha value is -2.90. The SMILES string of the molecule is N[C@@H](Cc1ccc(O)cc1)C(=O)N1CCC[C@@]2(C[C@@H](O)[C@H](c3ccccc3)NC2=O)C1. The van der Waals surface area contributed by atoms with E-state index in [1.807, 2.05) is 30.3 Å². The predicted octanol–water partition coefficient (Wildman–Crippen LogP) is 1.49. The van der Waals surface area contributed by atoms with E-state index < -0.39 is 23.6 Å². The first-order chi connectivity index (χ1) is 14.9. The van der Waals surface area contributed by atoms with Gasteiger partial charge in [-0.3, -0.25) is 9.59 Å². The van der Waals surface area contributed by atoms with Crippen LogP contribution in [0.15, 0.2) is 54.6 Å². The first-order valence-corrected chi connectivity index (χ1v) is 10.7. The van der Waals surface area contributed by atoms with E-state index in [0.717, 1.165) is 11.1 Å². The number of phenols is 1. The zero-order valence-electron chi connectivity index (χ0n) is 17.4. The number of benzene rings is 2. The zero-order chi connectivity index (χ0) is 22.0. The van der Waals surface area contributed by atoms with Gasteiger partial charge in [0.05, 0.1) is 23.6 Å². The van der Waals surface area contributed by atoms with E-state index in [0.29, 0.717) is 32.2 Å². The fourth-order valence-corrected chi connectivity index (χ4v) is 4.85. The number of nitrogens with zero attached hydrogens (tertiary/aromatic N) is 1. The van der Waals surface area contributed by atoms with Crippen molar-refractivity contribution in [2.75, 3.05) is 13.1 Å². The highest BCUT2D eigenvalue weighted by molar-refractivity contribution is 5.87. The van der Waals surface area contributed by atoms with Crippen LogP contribution in [0.25, 0.3) is 0 Å². The minimum Gasteiger partial charge on any atom is -0.508 e. The molecule has 2 fully saturated rings. The molecule has 0 bridgehead atoms. The number of hydrogen-bond donors (Lipinski definition) is 4. The fourth-order valence-electron chi connectivity index (χ4n) is 4.85. The molecule has 1 spiro atoms. The van der Waals surface area contributed by atoms with Gasteiger partial charge < -0.3 is 26.2 Å². The Kier molecular flexibility index (Phi) is 5.98. The average Bonchev–Trinajstić information content (AvgIpc) is 2.78. The number of nitrogens with two attached hydrogens (primary N) is 1. The number of carbonyl (C=O) groups excluding carboxylic acids is 2. The number of hydrogen-bond acceptors (Lipinski definition) is 5. The molecule has 2 heterocycles. The summed E-state index contributed by atoms with van der Waals surface area (Å²) in [4.78, 5) is 27.8. The second kappa shape index (κ2) is 8.69. The van der Waals surface area contributed by atoms with Gasteiger partial charge in [0.1, 0.15) is 5.75 Å². The van der Waals surface area contributed by atoms with Crippen molar-refractivity contribution < 1.29 is 19.8 Å². The first-order valence-electron chi connectivity index (χ1n) is 10.7. The lowest BCUT2D eigenvalue weighted by Crippen LogP contribution is -2.61. The van der Waals surface area contributed by atoms with Crippen LogP contribution in [-0.4, -0.2) is 52.2 Å². The average molecular weight is 424 g/mol. The van der Waals surface area contributed by atoms with Crippen LogP contribution in [0.5, 0.6) is 5.75 Å². The number of piperidine rings is 2. The van der Waals surface area contributed by atoms with E-state index in [9.17, 15) is 19.8 Å². The monoisotopic (exact) mass is 423 g/mol. The second-order valence-corrected chi connectivity index (χ2v) is 8.75. The number of carbonyl (C=O) groups is 2. The topological polar surface area (TPSA) is 116 Å². The van der Waals surface area contributed by atoms with Gasteiger partial charge in [0.2, 0.25) is 11.8 Å². The summed E-state index contributed by atoms with van der Waals surface area (Å²) in [6.45, 7) is 0.814.